The molecule has 0 fully saturated rings. The number of hydrogen-bond acceptors (Lipinski definition) is 4. The van der Waals surface area contributed by atoms with E-state index in [1.165, 1.54) is 24.3 Å². The van der Waals surface area contributed by atoms with Crippen LogP contribution in [0.5, 0.6) is 0 Å². The molecule has 0 bridgehead atoms. The molecule has 2 rings (SSSR count). The Kier molecular flexibility index (Phi) is 7.77. The Morgan fingerprint density at radius 2 is 1.74 bits per heavy atom. The number of oxime groups is 2. The third-order valence-electron chi connectivity index (χ3n) is 3.09. The lowest BCUT2D eigenvalue weighted by molar-refractivity contribution is -0.137. The number of halogens is 6. The minimum atomic E-state index is -4.37. The SMILES string of the molecule is FC(F)(F)c1ccc(CON=C2C=CC(=NOCC=C(Cl)Cl)C(Cl)=C2)cc1. The summed E-state index contributed by atoms with van der Waals surface area (Å²) in [5, 5.41) is 7.94. The van der Waals surface area contributed by atoms with Gasteiger partial charge in [0.2, 0.25) is 0 Å². The minimum absolute atomic E-state index is 0.0104. The fourth-order valence-corrected chi connectivity index (χ4v) is 2.14. The standard InChI is InChI=1S/C17H12Cl3F3N2O2/c18-14-9-13(5-6-15(14)25-26-8-7-16(19)20)24-27-10-11-1-3-12(4-2-11)17(21,22)23/h1-7,9H,8,10H2. The smallest absolute Gasteiger partial charge is 0.391 e. The van der Waals surface area contributed by atoms with Crippen molar-refractivity contribution in [1.29, 1.82) is 0 Å². The summed E-state index contributed by atoms with van der Waals surface area (Å²) < 4.78 is 37.6. The molecule has 1 aromatic carbocycles. The molecule has 0 saturated heterocycles. The summed E-state index contributed by atoms with van der Waals surface area (Å²) in [6.45, 7) is 0.0948. The first-order chi connectivity index (χ1) is 12.8. The van der Waals surface area contributed by atoms with Crippen LogP contribution in [0.15, 0.2) is 68.4 Å². The first-order valence-corrected chi connectivity index (χ1v) is 8.52. The summed E-state index contributed by atoms with van der Waals surface area (Å²) >= 11 is 16.9. The molecule has 0 spiro atoms. The predicted molar refractivity (Wildman–Crippen MR) is 99.9 cm³/mol. The molecule has 0 N–H and O–H groups in total. The fourth-order valence-electron chi connectivity index (χ4n) is 1.81. The number of benzene rings is 1. The monoisotopic (exact) mass is 438 g/mol. The van der Waals surface area contributed by atoms with Crippen molar-refractivity contribution in [2.75, 3.05) is 6.61 Å². The van der Waals surface area contributed by atoms with Gasteiger partial charge < -0.3 is 9.68 Å². The maximum absolute atomic E-state index is 12.5. The second kappa shape index (κ2) is 9.82. The van der Waals surface area contributed by atoms with E-state index in [-0.39, 0.29) is 22.7 Å². The molecule has 4 nitrogen and oxygen atoms in total. The van der Waals surface area contributed by atoms with Crippen LogP contribution in [0.25, 0.3) is 0 Å². The molecule has 0 heterocycles. The van der Waals surface area contributed by atoms with Crippen molar-refractivity contribution in [3.8, 4) is 0 Å². The Hall–Kier alpha value is -1.96. The van der Waals surface area contributed by atoms with Gasteiger partial charge in [-0.25, -0.2) is 0 Å². The van der Waals surface area contributed by atoms with Crippen LogP contribution < -0.4 is 0 Å². The summed E-state index contributed by atoms with van der Waals surface area (Å²) in [5.74, 6) is 0. The third-order valence-corrected chi connectivity index (χ3v) is 3.70. The van der Waals surface area contributed by atoms with Gasteiger partial charge in [0.05, 0.1) is 10.6 Å². The molecule has 27 heavy (non-hydrogen) atoms. The van der Waals surface area contributed by atoms with Gasteiger partial charge in [-0.3, -0.25) is 0 Å². The minimum Gasteiger partial charge on any atom is -0.391 e. The quantitative estimate of drug-likeness (QED) is 0.312. The third kappa shape index (κ3) is 7.28. The number of alkyl halides is 3. The van der Waals surface area contributed by atoms with Crippen molar-refractivity contribution in [2.45, 2.75) is 12.8 Å². The van der Waals surface area contributed by atoms with Crippen LogP contribution in [0.2, 0.25) is 0 Å². The van der Waals surface area contributed by atoms with Gasteiger partial charge >= 0.3 is 6.18 Å². The van der Waals surface area contributed by atoms with Gasteiger partial charge in [0, 0.05) is 0 Å². The lowest BCUT2D eigenvalue weighted by Gasteiger charge is -2.08. The molecule has 10 heteroatoms. The zero-order valence-corrected chi connectivity index (χ0v) is 15.8. The molecule has 1 aromatic rings. The van der Waals surface area contributed by atoms with E-state index in [1.807, 2.05) is 0 Å². The lowest BCUT2D eigenvalue weighted by Crippen LogP contribution is -2.06. The van der Waals surface area contributed by atoms with Gasteiger partial charge in [-0.15, -0.1) is 0 Å². The van der Waals surface area contributed by atoms with E-state index in [0.717, 1.165) is 12.1 Å². The fraction of sp³-hybridized carbons (Fsp3) is 0.176. The molecule has 0 unspecified atom stereocenters. The van der Waals surface area contributed by atoms with E-state index in [0.29, 0.717) is 17.0 Å². The first kappa shape index (κ1) is 21.3. The summed E-state index contributed by atoms with van der Waals surface area (Å²) in [6, 6.07) is 4.62. The molecule has 0 radical (unpaired) electrons. The summed E-state index contributed by atoms with van der Waals surface area (Å²) in [5.41, 5.74) is 0.608. The van der Waals surface area contributed by atoms with Crippen molar-refractivity contribution in [3.05, 3.63) is 69.2 Å². The van der Waals surface area contributed by atoms with Crippen LogP contribution in [0.4, 0.5) is 13.2 Å². The molecule has 1 aliphatic rings. The van der Waals surface area contributed by atoms with Crippen molar-refractivity contribution in [1.82, 2.24) is 0 Å². The highest BCUT2D eigenvalue weighted by atomic mass is 35.5. The van der Waals surface area contributed by atoms with E-state index in [4.69, 9.17) is 44.5 Å². The Bertz CT molecular complexity index is 810. The summed E-state index contributed by atoms with van der Waals surface area (Å²) in [7, 11) is 0. The van der Waals surface area contributed by atoms with Gasteiger partial charge in [-0.2, -0.15) is 13.2 Å². The van der Waals surface area contributed by atoms with Crippen LogP contribution in [-0.4, -0.2) is 18.0 Å². The Morgan fingerprint density at radius 3 is 2.33 bits per heavy atom. The van der Waals surface area contributed by atoms with Gasteiger partial charge in [0.1, 0.15) is 29.1 Å². The van der Waals surface area contributed by atoms with Crippen molar-refractivity contribution < 1.29 is 22.8 Å². The van der Waals surface area contributed by atoms with Crippen LogP contribution in [0, 0.1) is 0 Å². The van der Waals surface area contributed by atoms with Crippen LogP contribution in [-0.2, 0) is 22.5 Å². The van der Waals surface area contributed by atoms with Crippen molar-refractivity contribution in [3.63, 3.8) is 0 Å². The van der Waals surface area contributed by atoms with Gasteiger partial charge in [-0.05, 0) is 42.0 Å². The largest absolute Gasteiger partial charge is 0.416 e. The molecule has 0 saturated carbocycles. The number of allylic oxidation sites excluding steroid dienone is 4. The maximum atomic E-state index is 12.5. The van der Waals surface area contributed by atoms with E-state index >= 15 is 0 Å². The molecule has 144 valence electrons. The summed E-state index contributed by atoms with van der Waals surface area (Å²) in [6.07, 6.45) is 1.70. The number of hydrogen-bond donors (Lipinski definition) is 0. The maximum Gasteiger partial charge on any atom is 0.416 e. The van der Waals surface area contributed by atoms with E-state index < -0.39 is 11.7 Å². The molecule has 0 atom stereocenters. The van der Waals surface area contributed by atoms with Crippen molar-refractivity contribution >= 4 is 46.2 Å². The topological polar surface area (TPSA) is 43.2 Å². The van der Waals surface area contributed by atoms with Crippen molar-refractivity contribution in [2.24, 2.45) is 10.3 Å². The van der Waals surface area contributed by atoms with E-state index in [2.05, 4.69) is 10.3 Å². The molecular weight excluding hydrogens is 428 g/mol. The Labute approximate surface area is 168 Å². The average Bonchev–Trinajstić information content (AvgIpc) is 2.59. The first-order valence-electron chi connectivity index (χ1n) is 7.38. The Balaban J connectivity index is 1.89. The highest BCUT2D eigenvalue weighted by molar-refractivity contribution is 6.55. The summed E-state index contributed by atoms with van der Waals surface area (Å²) in [4.78, 5) is 10.1. The Morgan fingerprint density at radius 1 is 1.04 bits per heavy atom. The molecule has 0 aliphatic heterocycles. The lowest BCUT2D eigenvalue weighted by atomic mass is 10.1. The van der Waals surface area contributed by atoms with Gasteiger partial charge in [0.25, 0.3) is 0 Å². The predicted octanol–water partition coefficient (Wildman–Crippen LogP) is 5.96. The number of rotatable bonds is 6. The normalized spacial score (nSPS) is 17.0. The highest BCUT2D eigenvalue weighted by Gasteiger charge is 2.29. The zero-order valence-electron chi connectivity index (χ0n) is 13.5. The van der Waals surface area contributed by atoms with Gasteiger partial charge in [0.15, 0.2) is 0 Å². The molecule has 1 aliphatic carbocycles. The second-order valence-corrected chi connectivity index (χ2v) is 6.49. The van der Waals surface area contributed by atoms with Crippen LogP contribution in [0.3, 0.4) is 0 Å². The number of nitrogens with zero attached hydrogens (tertiary/aromatic N) is 2. The highest BCUT2D eigenvalue weighted by Crippen LogP contribution is 2.29. The van der Waals surface area contributed by atoms with Crippen LogP contribution in [0.1, 0.15) is 11.1 Å². The second-order valence-electron chi connectivity index (χ2n) is 5.08. The van der Waals surface area contributed by atoms with E-state index in [1.54, 1.807) is 12.2 Å². The average molecular weight is 440 g/mol. The van der Waals surface area contributed by atoms with E-state index in [9.17, 15) is 13.2 Å². The van der Waals surface area contributed by atoms with Gasteiger partial charge in [-0.1, -0.05) is 57.2 Å². The zero-order chi connectivity index (χ0) is 19.9. The molecule has 0 amide bonds. The molecule has 0 aromatic heterocycles. The van der Waals surface area contributed by atoms with Crippen LogP contribution >= 0.6 is 34.8 Å². The molecular formula is C17H12Cl3F3N2O2.